The van der Waals surface area contributed by atoms with Crippen LogP contribution in [0.15, 0.2) is 48.9 Å². The SMILES string of the molecule is CC(=O)c1cn(CC(=O)N2C[C@H](F)C[C@H]2C(=O)Nc2cc(C)nc3nc(C(F)(F)F)nn23)c2ccc(-c3ccnnc3)cc12. The third-order valence-electron chi connectivity index (χ3n) is 7.30. The molecule has 5 aromatic rings. The fraction of sp³-hybridized carbons (Fsp3) is 0.286. The minimum absolute atomic E-state index is 0.169. The molecule has 1 saturated heterocycles. The summed E-state index contributed by atoms with van der Waals surface area (Å²) in [5.74, 6) is -3.63. The Morgan fingerprint density at radius 3 is 2.57 bits per heavy atom. The molecular weight excluding hydrogens is 586 g/mol. The molecule has 2 atom stereocenters. The highest BCUT2D eigenvalue weighted by molar-refractivity contribution is 6.08. The number of benzene rings is 1. The van der Waals surface area contributed by atoms with Gasteiger partial charge in [0.05, 0.1) is 18.9 Å². The van der Waals surface area contributed by atoms with Gasteiger partial charge >= 0.3 is 6.18 Å². The quantitative estimate of drug-likeness (QED) is 0.227. The van der Waals surface area contributed by atoms with Crippen molar-refractivity contribution in [1.29, 1.82) is 0 Å². The van der Waals surface area contributed by atoms with Crippen molar-refractivity contribution in [2.45, 2.75) is 45.2 Å². The zero-order valence-electron chi connectivity index (χ0n) is 23.2. The van der Waals surface area contributed by atoms with Gasteiger partial charge in [-0.1, -0.05) is 6.07 Å². The summed E-state index contributed by atoms with van der Waals surface area (Å²) in [7, 11) is 0. The molecule has 0 aliphatic carbocycles. The summed E-state index contributed by atoms with van der Waals surface area (Å²) >= 11 is 0. The van der Waals surface area contributed by atoms with Crippen molar-refractivity contribution in [3.05, 3.63) is 66.0 Å². The lowest BCUT2D eigenvalue weighted by atomic mass is 10.0. The van der Waals surface area contributed by atoms with E-state index in [0.717, 1.165) is 20.5 Å². The predicted molar refractivity (Wildman–Crippen MR) is 147 cm³/mol. The van der Waals surface area contributed by atoms with Crippen LogP contribution in [0.2, 0.25) is 0 Å². The molecule has 4 aromatic heterocycles. The van der Waals surface area contributed by atoms with E-state index in [1.165, 1.54) is 26.1 Å². The fourth-order valence-electron chi connectivity index (χ4n) is 5.30. The Balaban J connectivity index is 1.27. The van der Waals surface area contributed by atoms with Gasteiger partial charge < -0.3 is 14.8 Å². The molecule has 12 nitrogen and oxygen atoms in total. The largest absolute Gasteiger partial charge is 0.453 e. The number of carbonyl (C=O) groups is 3. The third-order valence-corrected chi connectivity index (χ3v) is 7.30. The summed E-state index contributed by atoms with van der Waals surface area (Å²) in [5, 5.41) is 14.1. The summed E-state index contributed by atoms with van der Waals surface area (Å²) in [6.45, 7) is 2.24. The summed E-state index contributed by atoms with van der Waals surface area (Å²) in [6.07, 6.45) is -2.01. The lowest BCUT2D eigenvalue weighted by Crippen LogP contribution is -2.44. The summed E-state index contributed by atoms with van der Waals surface area (Å²) < 4.78 is 56.6. The van der Waals surface area contributed by atoms with Crippen molar-refractivity contribution in [3.8, 4) is 11.1 Å². The van der Waals surface area contributed by atoms with Crippen LogP contribution in [-0.4, -0.2) is 75.6 Å². The molecule has 1 aromatic carbocycles. The minimum Gasteiger partial charge on any atom is -0.337 e. The minimum atomic E-state index is -4.85. The van der Waals surface area contributed by atoms with Gasteiger partial charge in [-0.15, -0.1) is 5.10 Å². The van der Waals surface area contributed by atoms with Crippen LogP contribution >= 0.6 is 0 Å². The van der Waals surface area contributed by atoms with E-state index in [0.29, 0.717) is 16.5 Å². The van der Waals surface area contributed by atoms with Crippen LogP contribution in [0.1, 0.15) is 35.2 Å². The third kappa shape index (κ3) is 5.33. The van der Waals surface area contributed by atoms with E-state index in [9.17, 15) is 31.9 Å². The van der Waals surface area contributed by atoms with E-state index in [-0.39, 0.29) is 42.6 Å². The molecule has 5 heterocycles. The maximum atomic E-state index is 14.6. The molecule has 0 spiro atoms. The van der Waals surface area contributed by atoms with Gasteiger partial charge in [0.2, 0.25) is 11.8 Å². The number of ketones is 1. The zero-order valence-corrected chi connectivity index (χ0v) is 23.2. The number of hydrogen-bond acceptors (Lipinski definition) is 8. The first-order chi connectivity index (χ1) is 20.9. The Labute approximate surface area is 245 Å². The molecule has 1 aliphatic heterocycles. The van der Waals surface area contributed by atoms with E-state index >= 15 is 0 Å². The van der Waals surface area contributed by atoms with Gasteiger partial charge in [0.1, 0.15) is 24.6 Å². The molecule has 2 amide bonds. The van der Waals surface area contributed by atoms with E-state index in [4.69, 9.17) is 0 Å². The predicted octanol–water partition coefficient (Wildman–Crippen LogP) is 3.64. The Morgan fingerprint density at radius 1 is 1.07 bits per heavy atom. The van der Waals surface area contributed by atoms with E-state index in [1.54, 1.807) is 41.2 Å². The number of alkyl halides is 4. The molecule has 16 heteroatoms. The highest BCUT2D eigenvalue weighted by Gasteiger charge is 2.41. The summed E-state index contributed by atoms with van der Waals surface area (Å²) in [4.78, 5) is 47.7. The van der Waals surface area contributed by atoms with Crippen LogP contribution in [0.3, 0.4) is 0 Å². The number of likely N-dealkylation sites (tertiary alicyclic amines) is 1. The molecule has 0 radical (unpaired) electrons. The van der Waals surface area contributed by atoms with Crippen LogP contribution in [-0.2, 0) is 22.3 Å². The second-order valence-corrected chi connectivity index (χ2v) is 10.4. The van der Waals surface area contributed by atoms with Crippen molar-refractivity contribution in [2.75, 3.05) is 11.9 Å². The average molecular weight is 610 g/mol. The van der Waals surface area contributed by atoms with Gasteiger partial charge in [-0.2, -0.15) is 32.9 Å². The number of halogens is 4. The Morgan fingerprint density at radius 2 is 1.86 bits per heavy atom. The molecule has 1 aliphatic rings. The molecule has 6 rings (SSSR count). The van der Waals surface area contributed by atoms with Gasteiger partial charge in [-0.3, -0.25) is 14.4 Å². The van der Waals surface area contributed by atoms with Crippen molar-refractivity contribution >= 4 is 40.1 Å². The Bertz CT molecular complexity index is 1940. The van der Waals surface area contributed by atoms with Crippen molar-refractivity contribution in [3.63, 3.8) is 0 Å². The van der Waals surface area contributed by atoms with Crippen molar-refractivity contribution < 1.29 is 31.9 Å². The second kappa shape index (κ2) is 10.8. The monoisotopic (exact) mass is 609 g/mol. The number of anilines is 1. The first-order valence-electron chi connectivity index (χ1n) is 13.4. The van der Waals surface area contributed by atoms with Crippen LogP contribution < -0.4 is 5.32 Å². The smallest absolute Gasteiger partial charge is 0.337 e. The molecule has 1 N–H and O–H groups in total. The number of nitrogens with one attached hydrogen (secondary N) is 1. The van der Waals surface area contributed by atoms with Crippen molar-refractivity contribution in [2.24, 2.45) is 0 Å². The number of fused-ring (bicyclic) bond motifs is 2. The number of aromatic nitrogens is 7. The number of Topliss-reactive ketones (excluding diaryl/α,β-unsaturated/α-hetero) is 1. The lowest BCUT2D eigenvalue weighted by Gasteiger charge is -2.24. The maximum absolute atomic E-state index is 14.6. The molecule has 1 fully saturated rings. The molecule has 0 bridgehead atoms. The van der Waals surface area contributed by atoms with E-state index in [2.05, 4.69) is 30.6 Å². The molecule has 226 valence electrons. The number of rotatable bonds is 6. The van der Waals surface area contributed by atoms with Crippen LogP contribution in [0, 0.1) is 6.92 Å². The van der Waals surface area contributed by atoms with Crippen molar-refractivity contribution in [1.82, 2.24) is 39.2 Å². The molecule has 44 heavy (non-hydrogen) atoms. The first-order valence-corrected chi connectivity index (χ1v) is 13.4. The summed E-state index contributed by atoms with van der Waals surface area (Å²) in [6, 6.07) is 7.16. The topological polar surface area (TPSA) is 140 Å². The first kappa shape index (κ1) is 28.8. The maximum Gasteiger partial charge on any atom is 0.453 e. The lowest BCUT2D eigenvalue weighted by molar-refractivity contribution is -0.144. The molecular formula is C28H23F4N9O3. The number of nitrogens with zero attached hydrogens (tertiary/aromatic N) is 8. The van der Waals surface area contributed by atoms with Gasteiger partial charge in [-0.05, 0) is 37.6 Å². The summed E-state index contributed by atoms with van der Waals surface area (Å²) in [5.41, 5.74) is 2.76. The Hall–Kier alpha value is -5.28. The van der Waals surface area contributed by atoms with Gasteiger partial charge in [-0.25, -0.2) is 9.37 Å². The standard InChI is InChI=1S/C28H23F4N9O3/c1-14-7-23(41-27(35-14)37-26(38-41)28(30,31)32)36-25(44)22-9-18(29)11-40(22)24(43)13-39-12-20(15(2)42)19-8-16(3-4-21(19)39)17-5-6-33-34-10-17/h3-8,10,12,18,22H,9,11,13H2,1-2H3,(H,36,44)/t18-,22+/m1/s1. The average Bonchev–Trinajstić information content (AvgIpc) is 3.68. The van der Waals surface area contributed by atoms with E-state index in [1.807, 2.05) is 0 Å². The number of carbonyl (C=O) groups excluding carboxylic acids is 3. The fourth-order valence-corrected chi connectivity index (χ4v) is 5.30. The van der Waals surface area contributed by atoms with Gasteiger partial charge in [0.25, 0.3) is 11.6 Å². The van der Waals surface area contributed by atoms with Gasteiger partial charge in [0, 0.05) is 46.4 Å². The van der Waals surface area contributed by atoms with Crippen LogP contribution in [0.5, 0.6) is 0 Å². The highest BCUT2D eigenvalue weighted by atomic mass is 19.4. The number of aryl methyl sites for hydroxylation is 1. The molecule has 0 saturated carbocycles. The molecule has 0 unspecified atom stereocenters. The second-order valence-electron chi connectivity index (χ2n) is 10.4. The number of hydrogen-bond donors (Lipinski definition) is 1. The highest BCUT2D eigenvalue weighted by Crippen LogP contribution is 2.30. The van der Waals surface area contributed by atoms with Crippen LogP contribution in [0.4, 0.5) is 23.4 Å². The number of amides is 2. The Kier molecular flexibility index (Phi) is 7.05. The normalized spacial score (nSPS) is 17.0. The van der Waals surface area contributed by atoms with E-state index < -0.39 is 36.0 Å². The van der Waals surface area contributed by atoms with Crippen LogP contribution in [0.25, 0.3) is 27.8 Å². The van der Waals surface area contributed by atoms with Gasteiger partial charge in [0.15, 0.2) is 5.78 Å². The zero-order chi connectivity index (χ0) is 31.3.